The minimum absolute atomic E-state index is 0.0832. The average molecular weight is 421 g/mol. The predicted molar refractivity (Wildman–Crippen MR) is 108 cm³/mol. The maximum absolute atomic E-state index is 12.6. The highest BCUT2D eigenvalue weighted by atomic mass is 16.6. The molecule has 0 spiro atoms. The van der Waals surface area contributed by atoms with E-state index in [0.29, 0.717) is 11.4 Å². The first-order valence-electron chi connectivity index (χ1n) is 9.00. The Morgan fingerprint density at radius 3 is 2.45 bits per heavy atom. The van der Waals surface area contributed by atoms with Crippen molar-refractivity contribution in [3.63, 3.8) is 0 Å². The van der Waals surface area contributed by atoms with Crippen LogP contribution in [-0.2, 0) is 0 Å². The van der Waals surface area contributed by atoms with Gasteiger partial charge in [-0.3, -0.25) is 29.4 Å². The second kappa shape index (κ2) is 7.41. The zero-order valence-corrected chi connectivity index (χ0v) is 16.4. The summed E-state index contributed by atoms with van der Waals surface area (Å²) in [5.41, 5.74) is 0.714. The number of nitrogens with zero attached hydrogens (tertiary/aromatic N) is 2. The molecule has 31 heavy (non-hydrogen) atoms. The number of methoxy groups -OCH3 is 1. The van der Waals surface area contributed by atoms with Gasteiger partial charge >= 0.3 is 0 Å². The summed E-state index contributed by atoms with van der Waals surface area (Å²) in [6.45, 7) is 0. The number of fused-ring (bicyclic) bond motifs is 1. The minimum atomic E-state index is -0.618. The van der Waals surface area contributed by atoms with Crippen molar-refractivity contribution in [1.29, 1.82) is 0 Å². The van der Waals surface area contributed by atoms with Gasteiger partial charge in [-0.05, 0) is 42.5 Å². The van der Waals surface area contributed by atoms with Gasteiger partial charge in [0.1, 0.15) is 11.5 Å². The van der Waals surface area contributed by atoms with Crippen molar-refractivity contribution >= 4 is 29.1 Å². The van der Waals surface area contributed by atoms with Gasteiger partial charge in [-0.15, -0.1) is 0 Å². The average Bonchev–Trinajstić information content (AvgIpc) is 3.34. The maximum atomic E-state index is 12.6. The molecule has 156 valence electrons. The van der Waals surface area contributed by atoms with Gasteiger partial charge < -0.3 is 14.5 Å². The van der Waals surface area contributed by atoms with Crippen molar-refractivity contribution in [1.82, 2.24) is 4.90 Å². The van der Waals surface area contributed by atoms with E-state index < -0.39 is 22.6 Å². The summed E-state index contributed by atoms with van der Waals surface area (Å²) >= 11 is 0. The molecule has 0 aliphatic carbocycles. The van der Waals surface area contributed by atoms with E-state index in [1.54, 1.807) is 6.07 Å². The van der Waals surface area contributed by atoms with Gasteiger partial charge in [0.25, 0.3) is 23.4 Å². The normalized spacial score (nSPS) is 12.6. The first-order valence-corrected chi connectivity index (χ1v) is 9.00. The topological polar surface area (TPSA) is 132 Å². The van der Waals surface area contributed by atoms with Crippen LogP contribution in [0.25, 0.3) is 11.3 Å². The first kappa shape index (κ1) is 19.8. The molecule has 0 radical (unpaired) electrons. The number of imide groups is 1. The van der Waals surface area contributed by atoms with Gasteiger partial charge in [0.05, 0.1) is 34.8 Å². The SMILES string of the molecule is COc1ccc(-c2ccc(C(=O)Nc3ccc4c(c3)C(=O)N(C)C4=O)o2)c([N+](=O)[O-])c1. The summed E-state index contributed by atoms with van der Waals surface area (Å²) in [7, 11) is 2.78. The Hall–Kier alpha value is -4.47. The molecule has 0 unspecified atom stereocenters. The van der Waals surface area contributed by atoms with Gasteiger partial charge in [-0.2, -0.15) is 0 Å². The fourth-order valence-corrected chi connectivity index (χ4v) is 3.23. The van der Waals surface area contributed by atoms with E-state index in [4.69, 9.17) is 9.15 Å². The fourth-order valence-electron chi connectivity index (χ4n) is 3.23. The van der Waals surface area contributed by atoms with Crippen LogP contribution in [0.15, 0.2) is 52.9 Å². The number of ether oxygens (including phenoxy) is 1. The molecule has 4 rings (SSSR count). The number of furan rings is 1. The summed E-state index contributed by atoms with van der Waals surface area (Å²) in [4.78, 5) is 48.5. The molecule has 0 fully saturated rings. The summed E-state index contributed by atoms with van der Waals surface area (Å²) in [5.74, 6) is -1.11. The lowest BCUT2D eigenvalue weighted by atomic mass is 10.1. The number of carbonyl (C=O) groups is 3. The lowest BCUT2D eigenvalue weighted by Crippen LogP contribution is -2.24. The summed E-state index contributed by atoms with van der Waals surface area (Å²) in [6, 6.07) is 11.5. The molecular weight excluding hydrogens is 406 g/mol. The lowest BCUT2D eigenvalue weighted by Gasteiger charge is -2.05. The molecule has 0 saturated heterocycles. The third-order valence-corrected chi connectivity index (χ3v) is 4.84. The van der Waals surface area contributed by atoms with Crippen LogP contribution in [0.5, 0.6) is 5.75 Å². The highest BCUT2D eigenvalue weighted by molar-refractivity contribution is 6.21. The maximum Gasteiger partial charge on any atom is 0.291 e. The van der Waals surface area contributed by atoms with Gasteiger partial charge in [0.15, 0.2) is 5.76 Å². The Kier molecular flexibility index (Phi) is 4.74. The molecule has 10 nitrogen and oxygen atoms in total. The highest BCUT2D eigenvalue weighted by Crippen LogP contribution is 2.34. The van der Waals surface area contributed by atoms with Gasteiger partial charge in [-0.1, -0.05) is 0 Å². The molecule has 2 heterocycles. The number of carbonyl (C=O) groups excluding carboxylic acids is 3. The quantitative estimate of drug-likeness (QED) is 0.379. The van der Waals surface area contributed by atoms with Crippen LogP contribution in [-0.4, -0.2) is 41.7 Å². The third kappa shape index (κ3) is 3.39. The Balaban J connectivity index is 1.59. The number of nitro benzene ring substituents is 1. The van der Waals surface area contributed by atoms with Crippen LogP contribution in [0.2, 0.25) is 0 Å². The number of nitrogens with one attached hydrogen (secondary N) is 1. The van der Waals surface area contributed by atoms with Crippen LogP contribution in [0.3, 0.4) is 0 Å². The van der Waals surface area contributed by atoms with Gasteiger partial charge in [-0.25, -0.2) is 0 Å². The second-order valence-electron chi connectivity index (χ2n) is 6.69. The van der Waals surface area contributed by atoms with E-state index in [-0.39, 0.29) is 33.9 Å². The van der Waals surface area contributed by atoms with Crippen molar-refractivity contribution < 1.29 is 28.5 Å². The van der Waals surface area contributed by atoms with E-state index in [2.05, 4.69) is 5.32 Å². The summed E-state index contributed by atoms with van der Waals surface area (Å²) in [6.07, 6.45) is 0. The largest absolute Gasteiger partial charge is 0.497 e. The Bertz CT molecular complexity index is 1260. The number of rotatable bonds is 5. The van der Waals surface area contributed by atoms with E-state index in [0.717, 1.165) is 4.90 Å². The van der Waals surface area contributed by atoms with Gasteiger partial charge in [0, 0.05) is 12.7 Å². The second-order valence-corrected chi connectivity index (χ2v) is 6.69. The van der Waals surface area contributed by atoms with Gasteiger partial charge in [0.2, 0.25) is 0 Å². The molecule has 1 aromatic heterocycles. The summed E-state index contributed by atoms with van der Waals surface area (Å²) in [5, 5.41) is 14.0. The molecule has 1 aliphatic heterocycles. The fraction of sp³-hybridized carbons (Fsp3) is 0.0952. The monoisotopic (exact) mass is 421 g/mol. The molecule has 3 amide bonds. The third-order valence-electron chi connectivity index (χ3n) is 4.84. The Morgan fingerprint density at radius 1 is 1.03 bits per heavy atom. The Labute approximate surface area is 175 Å². The standard InChI is InChI=1S/C21H15N3O7/c1-23-20(26)13-5-3-11(9-15(13)21(23)27)22-19(25)18-8-7-17(31-18)14-6-4-12(30-2)10-16(14)24(28)29/h3-10H,1-2H3,(H,22,25). The number of nitro groups is 1. The number of benzene rings is 2. The minimum Gasteiger partial charge on any atom is -0.497 e. The molecule has 1 aliphatic rings. The van der Waals surface area contributed by atoms with Crippen LogP contribution in [0, 0.1) is 10.1 Å². The van der Waals surface area contributed by atoms with Crippen molar-refractivity contribution in [3.8, 4) is 17.1 Å². The van der Waals surface area contributed by atoms with Crippen LogP contribution >= 0.6 is 0 Å². The smallest absolute Gasteiger partial charge is 0.291 e. The van der Waals surface area contributed by atoms with Crippen LogP contribution < -0.4 is 10.1 Å². The molecular formula is C21H15N3O7. The molecule has 1 N–H and O–H groups in total. The van der Waals surface area contributed by atoms with Crippen molar-refractivity contribution in [2.45, 2.75) is 0 Å². The van der Waals surface area contributed by atoms with Crippen LogP contribution in [0.1, 0.15) is 31.3 Å². The Morgan fingerprint density at radius 2 is 1.74 bits per heavy atom. The molecule has 0 saturated carbocycles. The molecule has 3 aromatic rings. The van der Waals surface area contributed by atoms with Crippen molar-refractivity contribution in [2.24, 2.45) is 0 Å². The van der Waals surface area contributed by atoms with E-state index in [1.165, 1.54) is 56.6 Å². The highest BCUT2D eigenvalue weighted by Gasteiger charge is 2.33. The molecule has 0 bridgehead atoms. The van der Waals surface area contributed by atoms with Crippen molar-refractivity contribution in [2.75, 3.05) is 19.5 Å². The first-order chi connectivity index (χ1) is 14.8. The van der Waals surface area contributed by atoms with Crippen LogP contribution in [0.4, 0.5) is 11.4 Å². The zero-order chi connectivity index (χ0) is 22.3. The number of amides is 3. The lowest BCUT2D eigenvalue weighted by molar-refractivity contribution is -0.384. The van der Waals surface area contributed by atoms with E-state index in [1.807, 2.05) is 0 Å². The number of hydrogen-bond acceptors (Lipinski definition) is 7. The number of anilines is 1. The van der Waals surface area contributed by atoms with E-state index in [9.17, 15) is 24.5 Å². The summed E-state index contributed by atoms with van der Waals surface area (Å²) < 4.78 is 10.5. The molecule has 2 aromatic carbocycles. The molecule has 10 heteroatoms. The van der Waals surface area contributed by atoms with Crippen molar-refractivity contribution in [3.05, 3.63) is 75.5 Å². The number of hydrogen-bond donors (Lipinski definition) is 1. The zero-order valence-electron chi connectivity index (χ0n) is 16.4. The molecule has 0 atom stereocenters. The van der Waals surface area contributed by atoms with E-state index >= 15 is 0 Å². The predicted octanol–water partition coefficient (Wildman–Crippen LogP) is 3.34.